The number of anilines is 1. The number of ether oxygens (including phenoxy) is 1. The first-order valence-electron chi connectivity index (χ1n) is 8.40. The molecule has 26 heavy (non-hydrogen) atoms. The van der Waals surface area contributed by atoms with Gasteiger partial charge in [0, 0.05) is 20.0 Å². The van der Waals surface area contributed by atoms with Crippen LogP contribution >= 0.6 is 0 Å². The Kier molecular flexibility index (Phi) is 5.02. The number of nitrogens with zero attached hydrogens (tertiary/aromatic N) is 1. The van der Waals surface area contributed by atoms with Gasteiger partial charge >= 0.3 is 0 Å². The second kappa shape index (κ2) is 7.09. The summed E-state index contributed by atoms with van der Waals surface area (Å²) in [5.74, 6) is 0.436. The van der Waals surface area contributed by atoms with Crippen molar-refractivity contribution in [3.05, 3.63) is 53.6 Å². The fraction of sp³-hybridized carbons (Fsp3) is 0.316. The Balaban J connectivity index is 1.66. The molecule has 1 heterocycles. The molecule has 0 saturated carbocycles. The van der Waals surface area contributed by atoms with Crippen LogP contribution < -0.4 is 14.4 Å². The second-order valence-corrected chi connectivity index (χ2v) is 8.17. The molecular formula is C19H22N2O4S. The number of benzene rings is 2. The first kappa shape index (κ1) is 18.4. The molecule has 6 nitrogen and oxygen atoms in total. The molecule has 7 heteroatoms. The lowest BCUT2D eigenvalue weighted by atomic mass is 10.1. The Bertz CT molecular complexity index is 940. The first-order chi connectivity index (χ1) is 12.3. The van der Waals surface area contributed by atoms with Gasteiger partial charge in [0.05, 0.1) is 10.6 Å². The maximum atomic E-state index is 12.4. The van der Waals surface area contributed by atoms with Gasteiger partial charge in [0.2, 0.25) is 10.0 Å². The highest BCUT2D eigenvalue weighted by atomic mass is 32.2. The molecule has 3 rings (SSSR count). The third-order valence-electron chi connectivity index (χ3n) is 4.59. The van der Waals surface area contributed by atoms with Crippen LogP contribution in [0.4, 0.5) is 5.69 Å². The lowest BCUT2D eigenvalue weighted by molar-refractivity contribution is -0.126. The number of hydrogen-bond acceptors (Lipinski definition) is 4. The molecule has 1 aliphatic rings. The molecule has 0 fully saturated rings. The number of carbonyl (C=O) groups excluding carboxylic acids is 1. The minimum absolute atomic E-state index is 0.113. The van der Waals surface area contributed by atoms with Gasteiger partial charge in [-0.25, -0.2) is 13.1 Å². The highest BCUT2D eigenvalue weighted by molar-refractivity contribution is 7.89. The van der Waals surface area contributed by atoms with Crippen molar-refractivity contribution in [2.45, 2.75) is 31.3 Å². The van der Waals surface area contributed by atoms with E-state index in [9.17, 15) is 13.2 Å². The van der Waals surface area contributed by atoms with E-state index in [2.05, 4.69) is 4.72 Å². The Labute approximate surface area is 153 Å². The van der Waals surface area contributed by atoms with Gasteiger partial charge in [0.15, 0.2) is 6.10 Å². The van der Waals surface area contributed by atoms with Gasteiger partial charge in [0.25, 0.3) is 5.91 Å². The van der Waals surface area contributed by atoms with Crippen molar-refractivity contribution in [1.29, 1.82) is 0 Å². The molecule has 1 unspecified atom stereocenters. The third-order valence-corrected chi connectivity index (χ3v) is 6.05. The van der Waals surface area contributed by atoms with E-state index < -0.39 is 16.1 Å². The van der Waals surface area contributed by atoms with E-state index in [1.54, 1.807) is 36.2 Å². The number of sulfonamides is 1. The average Bonchev–Trinajstić information content (AvgIpc) is 2.61. The molecule has 0 spiro atoms. The minimum atomic E-state index is -3.62. The lowest BCUT2D eigenvalue weighted by Crippen LogP contribution is -2.45. The van der Waals surface area contributed by atoms with Gasteiger partial charge in [-0.3, -0.25) is 4.79 Å². The number of likely N-dealkylation sites (N-methyl/N-ethyl adjacent to an activating group) is 1. The van der Waals surface area contributed by atoms with Crippen molar-refractivity contribution in [1.82, 2.24) is 4.72 Å². The molecule has 2 aromatic rings. The number of nitrogens with one attached hydrogen (secondary N) is 1. The number of rotatable bonds is 5. The van der Waals surface area contributed by atoms with Crippen LogP contribution in [0.3, 0.4) is 0 Å². The van der Waals surface area contributed by atoms with E-state index in [1.165, 1.54) is 0 Å². The highest BCUT2D eigenvalue weighted by Gasteiger charge is 2.31. The summed E-state index contributed by atoms with van der Waals surface area (Å²) in [6.45, 7) is 3.91. The minimum Gasteiger partial charge on any atom is -0.478 e. The predicted molar refractivity (Wildman–Crippen MR) is 100.0 cm³/mol. The Morgan fingerprint density at radius 3 is 2.58 bits per heavy atom. The summed E-state index contributed by atoms with van der Waals surface area (Å²) in [4.78, 5) is 14.2. The molecule has 0 aliphatic carbocycles. The zero-order valence-corrected chi connectivity index (χ0v) is 15.8. The summed E-state index contributed by atoms with van der Waals surface area (Å²) < 4.78 is 33.2. The van der Waals surface area contributed by atoms with Crippen LogP contribution in [-0.2, 0) is 14.8 Å². The number of hydrogen-bond donors (Lipinski definition) is 1. The number of carbonyl (C=O) groups is 1. The monoisotopic (exact) mass is 374 g/mol. The summed E-state index contributed by atoms with van der Waals surface area (Å²) in [7, 11) is -1.93. The molecule has 1 amide bonds. The van der Waals surface area contributed by atoms with Crippen molar-refractivity contribution >= 4 is 21.6 Å². The van der Waals surface area contributed by atoms with Crippen LogP contribution in [0.2, 0.25) is 0 Å². The van der Waals surface area contributed by atoms with E-state index in [-0.39, 0.29) is 23.8 Å². The van der Waals surface area contributed by atoms with Crippen molar-refractivity contribution in [3.63, 3.8) is 0 Å². The van der Waals surface area contributed by atoms with Gasteiger partial charge in [-0.2, -0.15) is 0 Å². The highest BCUT2D eigenvalue weighted by Crippen LogP contribution is 2.33. The molecule has 1 atom stereocenters. The molecule has 1 N–H and O–H groups in total. The number of fused-ring (bicyclic) bond motifs is 1. The van der Waals surface area contributed by atoms with Crippen LogP contribution in [0, 0.1) is 13.8 Å². The van der Waals surface area contributed by atoms with Gasteiger partial charge in [0.1, 0.15) is 5.75 Å². The number of aryl methyl sites for hydroxylation is 2. The Morgan fingerprint density at radius 2 is 1.85 bits per heavy atom. The summed E-state index contributed by atoms with van der Waals surface area (Å²) in [6, 6.07) is 12.3. The van der Waals surface area contributed by atoms with Crippen molar-refractivity contribution in [2.75, 3.05) is 18.5 Å². The molecule has 1 aliphatic heterocycles. The van der Waals surface area contributed by atoms with Crippen molar-refractivity contribution < 1.29 is 17.9 Å². The Morgan fingerprint density at radius 1 is 1.12 bits per heavy atom. The van der Waals surface area contributed by atoms with E-state index in [0.29, 0.717) is 11.4 Å². The molecule has 0 bridgehead atoms. The topological polar surface area (TPSA) is 75.7 Å². The summed E-state index contributed by atoms with van der Waals surface area (Å²) >= 11 is 0. The maximum Gasteiger partial charge on any atom is 0.267 e. The number of para-hydroxylation sites is 2. The van der Waals surface area contributed by atoms with Crippen LogP contribution in [0.25, 0.3) is 0 Å². The van der Waals surface area contributed by atoms with Gasteiger partial charge in [-0.1, -0.05) is 18.2 Å². The molecule has 0 radical (unpaired) electrons. The van der Waals surface area contributed by atoms with Crippen molar-refractivity contribution in [3.8, 4) is 5.75 Å². The number of amides is 1. The van der Waals surface area contributed by atoms with E-state index in [0.717, 1.165) is 11.1 Å². The van der Waals surface area contributed by atoms with E-state index in [1.807, 2.05) is 32.0 Å². The zero-order chi connectivity index (χ0) is 18.9. The van der Waals surface area contributed by atoms with E-state index in [4.69, 9.17) is 4.74 Å². The SMILES string of the molecule is Cc1ccc(S(=O)(=O)NCCC2Oc3ccccc3N(C)C2=O)cc1C. The molecule has 0 saturated heterocycles. The fourth-order valence-corrected chi connectivity index (χ4v) is 3.98. The maximum absolute atomic E-state index is 12.4. The zero-order valence-electron chi connectivity index (χ0n) is 15.0. The lowest BCUT2D eigenvalue weighted by Gasteiger charge is -2.31. The van der Waals surface area contributed by atoms with Gasteiger partial charge in [-0.15, -0.1) is 0 Å². The molecule has 0 aromatic heterocycles. The normalized spacial score (nSPS) is 17.0. The van der Waals surface area contributed by atoms with Gasteiger partial charge < -0.3 is 9.64 Å². The summed E-state index contributed by atoms with van der Waals surface area (Å²) in [5, 5.41) is 0. The third kappa shape index (κ3) is 3.59. The quantitative estimate of drug-likeness (QED) is 0.872. The van der Waals surface area contributed by atoms with Crippen LogP contribution in [0.15, 0.2) is 47.4 Å². The fourth-order valence-electron chi connectivity index (χ4n) is 2.84. The molecular weight excluding hydrogens is 352 g/mol. The average molecular weight is 374 g/mol. The summed E-state index contributed by atoms with van der Waals surface area (Å²) in [5.41, 5.74) is 2.66. The van der Waals surface area contributed by atoms with Gasteiger partial charge in [-0.05, 0) is 49.2 Å². The Hall–Kier alpha value is -2.38. The van der Waals surface area contributed by atoms with Crippen LogP contribution in [0.5, 0.6) is 5.75 Å². The standard InChI is InChI=1S/C19H22N2O4S/c1-13-8-9-15(12-14(13)2)26(23,24)20-11-10-18-19(22)21(3)16-6-4-5-7-17(16)25-18/h4-9,12,18,20H,10-11H2,1-3H3. The summed E-state index contributed by atoms with van der Waals surface area (Å²) in [6.07, 6.45) is -0.459. The largest absolute Gasteiger partial charge is 0.478 e. The predicted octanol–water partition coefficient (Wildman–Crippen LogP) is 2.40. The molecule has 2 aromatic carbocycles. The smallest absolute Gasteiger partial charge is 0.267 e. The van der Waals surface area contributed by atoms with Crippen LogP contribution in [-0.4, -0.2) is 34.0 Å². The van der Waals surface area contributed by atoms with E-state index >= 15 is 0 Å². The van der Waals surface area contributed by atoms with Crippen LogP contribution in [0.1, 0.15) is 17.5 Å². The first-order valence-corrected chi connectivity index (χ1v) is 9.88. The molecule has 138 valence electrons. The van der Waals surface area contributed by atoms with Crippen molar-refractivity contribution in [2.24, 2.45) is 0 Å². The second-order valence-electron chi connectivity index (χ2n) is 6.40.